The Morgan fingerprint density at radius 3 is 1.37 bits per heavy atom. The van der Waals surface area contributed by atoms with Gasteiger partial charge in [0.15, 0.2) is 0 Å². The van der Waals surface area contributed by atoms with E-state index in [2.05, 4.69) is 24.3 Å². The maximum absolute atomic E-state index is 10.8. The number of hydrogen-bond donors (Lipinski definition) is 4. The summed E-state index contributed by atoms with van der Waals surface area (Å²) in [6.07, 6.45) is 5.42. The lowest BCUT2D eigenvalue weighted by Crippen LogP contribution is -2.04. The molecule has 0 bridgehead atoms. The normalized spacial score (nSPS) is 13.4. The molecule has 2 heterocycles. The van der Waals surface area contributed by atoms with E-state index in [0.29, 0.717) is 0 Å². The highest BCUT2D eigenvalue weighted by atomic mass is 32.2. The number of benzene rings is 6. The van der Waals surface area contributed by atoms with Crippen LogP contribution in [0.25, 0.3) is 34.4 Å². The highest BCUT2D eigenvalue weighted by Crippen LogP contribution is 2.47. The van der Waals surface area contributed by atoms with Gasteiger partial charge in [-0.1, -0.05) is 72.8 Å². The molecule has 6 aromatic rings. The van der Waals surface area contributed by atoms with Gasteiger partial charge in [0.1, 0.15) is 23.0 Å². The summed E-state index contributed by atoms with van der Waals surface area (Å²) in [5, 5.41) is 37.2. The van der Waals surface area contributed by atoms with Gasteiger partial charge in [-0.15, -0.1) is 23.5 Å². The fourth-order valence-corrected chi connectivity index (χ4v) is 9.26. The molecular formula is C50H40O8S2. The molecule has 6 aromatic carbocycles. The van der Waals surface area contributed by atoms with Crippen molar-refractivity contribution in [1.82, 2.24) is 0 Å². The van der Waals surface area contributed by atoms with E-state index >= 15 is 0 Å². The van der Waals surface area contributed by atoms with Crippen LogP contribution in [0.2, 0.25) is 0 Å². The Morgan fingerprint density at radius 1 is 0.500 bits per heavy atom. The molecule has 8 rings (SSSR count). The van der Waals surface area contributed by atoms with Crippen LogP contribution in [0.3, 0.4) is 0 Å². The maximum Gasteiger partial charge on any atom is 0.328 e. The molecular weight excluding hydrogens is 793 g/mol. The second-order valence-corrected chi connectivity index (χ2v) is 15.7. The smallest absolute Gasteiger partial charge is 0.328 e. The van der Waals surface area contributed by atoms with E-state index in [4.69, 9.17) is 19.7 Å². The Labute approximate surface area is 356 Å². The first kappa shape index (κ1) is 41.3. The molecule has 60 heavy (non-hydrogen) atoms. The fourth-order valence-electron chi connectivity index (χ4n) is 6.99. The zero-order valence-electron chi connectivity index (χ0n) is 32.7. The molecule has 4 N–H and O–H groups in total. The van der Waals surface area contributed by atoms with Crippen molar-refractivity contribution < 1.29 is 39.5 Å². The number of phenols is 2. The summed E-state index contributed by atoms with van der Waals surface area (Å²) in [7, 11) is 3.35. The molecule has 0 saturated carbocycles. The number of aliphatic carboxylic acids is 2. The number of fused-ring (bicyclic) bond motifs is 2. The molecule has 2 aliphatic heterocycles. The standard InChI is InChI=1S/C26H22O4S.C24H18O4S/c1-29-20-10-8-18(9-11-20)23-16-31-24-15-21(30-2)12-13-22(24)26(23)19-6-3-17(4-7-19)5-14-25(27)28;25-18-8-6-16(7-9-18)21-14-29-22-13-19(26)10-11-20(22)24(21)17-4-1-15(2-5-17)3-12-23(27)28/h3-15H,16H2,1-2H3,(H,27,28);1-13,25-26H,14H2,(H,27,28)/b14-5+;12-3+. The van der Waals surface area contributed by atoms with Crippen molar-refractivity contribution in [2.24, 2.45) is 0 Å². The Morgan fingerprint density at radius 2 is 0.900 bits per heavy atom. The zero-order chi connectivity index (χ0) is 42.2. The largest absolute Gasteiger partial charge is 0.508 e. The van der Waals surface area contributed by atoms with Gasteiger partial charge < -0.3 is 29.9 Å². The lowest BCUT2D eigenvalue weighted by Gasteiger charge is -2.24. The minimum atomic E-state index is -0.982. The highest BCUT2D eigenvalue weighted by Gasteiger charge is 2.24. The van der Waals surface area contributed by atoms with Gasteiger partial charge in [0.25, 0.3) is 0 Å². The minimum absolute atomic E-state index is 0.222. The molecule has 2 aliphatic rings. The van der Waals surface area contributed by atoms with Crippen LogP contribution in [-0.2, 0) is 9.59 Å². The van der Waals surface area contributed by atoms with Gasteiger partial charge in [-0.05, 0) is 140 Å². The summed E-state index contributed by atoms with van der Waals surface area (Å²) in [5.74, 6) is 1.75. The number of carboxylic acids is 2. The van der Waals surface area contributed by atoms with E-state index in [1.165, 1.54) is 16.0 Å². The molecule has 300 valence electrons. The highest BCUT2D eigenvalue weighted by molar-refractivity contribution is 8.00. The molecule has 0 spiro atoms. The van der Waals surface area contributed by atoms with Crippen LogP contribution in [0.5, 0.6) is 23.0 Å². The van der Waals surface area contributed by atoms with E-state index in [1.807, 2.05) is 84.9 Å². The number of phenolic OH excluding ortho intramolecular Hbond substituents is 2. The summed E-state index contributed by atoms with van der Waals surface area (Å²) < 4.78 is 10.7. The van der Waals surface area contributed by atoms with Crippen LogP contribution >= 0.6 is 23.5 Å². The SMILES string of the molecule is COc1ccc(C2=C(c3ccc(/C=C/C(=O)O)cc3)c3ccc(OC)cc3SC2)cc1.O=C(O)/C=C/c1ccc(C2=C(c3ccc(O)cc3)CSc3cc(O)ccc32)cc1. The van der Waals surface area contributed by atoms with Crippen molar-refractivity contribution in [1.29, 1.82) is 0 Å². The molecule has 0 amide bonds. The summed E-state index contributed by atoms with van der Waals surface area (Å²) in [5.41, 5.74) is 12.8. The van der Waals surface area contributed by atoms with Crippen molar-refractivity contribution in [3.63, 3.8) is 0 Å². The number of aromatic hydroxyl groups is 2. The van der Waals surface area contributed by atoms with Crippen molar-refractivity contribution in [3.8, 4) is 23.0 Å². The average Bonchev–Trinajstić information content (AvgIpc) is 3.27. The van der Waals surface area contributed by atoms with Gasteiger partial charge in [-0.25, -0.2) is 9.59 Å². The van der Waals surface area contributed by atoms with Crippen LogP contribution in [0.4, 0.5) is 0 Å². The van der Waals surface area contributed by atoms with E-state index in [1.54, 1.807) is 74.2 Å². The van der Waals surface area contributed by atoms with Gasteiger partial charge >= 0.3 is 11.9 Å². The van der Waals surface area contributed by atoms with Crippen LogP contribution in [0, 0.1) is 0 Å². The number of hydrogen-bond acceptors (Lipinski definition) is 8. The number of methoxy groups -OCH3 is 2. The van der Waals surface area contributed by atoms with E-state index in [0.717, 1.165) is 95.7 Å². The Balaban J connectivity index is 0.000000182. The monoisotopic (exact) mass is 832 g/mol. The van der Waals surface area contributed by atoms with Crippen molar-refractivity contribution >= 4 is 69.9 Å². The lowest BCUT2D eigenvalue weighted by molar-refractivity contribution is -0.132. The molecule has 0 saturated heterocycles. The lowest BCUT2D eigenvalue weighted by atomic mass is 9.89. The van der Waals surface area contributed by atoms with E-state index in [-0.39, 0.29) is 11.5 Å². The summed E-state index contributed by atoms with van der Waals surface area (Å²) >= 11 is 3.46. The third-order valence-corrected chi connectivity index (χ3v) is 12.1. The molecule has 0 atom stereocenters. The molecule has 0 aromatic heterocycles. The average molecular weight is 833 g/mol. The first-order valence-corrected chi connectivity index (χ1v) is 20.8. The fraction of sp³-hybridized carbons (Fsp3) is 0.0800. The molecule has 0 radical (unpaired) electrons. The second-order valence-electron chi connectivity index (χ2n) is 13.7. The predicted octanol–water partition coefficient (Wildman–Crippen LogP) is 11.1. The number of ether oxygens (including phenoxy) is 2. The van der Waals surface area contributed by atoms with Gasteiger partial charge in [-0.2, -0.15) is 0 Å². The Bertz CT molecular complexity index is 2660. The maximum atomic E-state index is 10.8. The second kappa shape index (κ2) is 18.8. The topological polar surface area (TPSA) is 134 Å². The van der Waals surface area contributed by atoms with E-state index < -0.39 is 11.9 Å². The summed E-state index contributed by atoms with van der Waals surface area (Å²) in [6, 6.07) is 42.6. The summed E-state index contributed by atoms with van der Waals surface area (Å²) in [4.78, 5) is 23.7. The number of carbonyl (C=O) groups is 2. The van der Waals surface area contributed by atoms with Crippen molar-refractivity contribution in [2.75, 3.05) is 25.7 Å². The molecule has 8 nitrogen and oxygen atoms in total. The van der Waals surface area contributed by atoms with Crippen LogP contribution < -0.4 is 9.47 Å². The zero-order valence-corrected chi connectivity index (χ0v) is 34.3. The first-order valence-electron chi connectivity index (χ1n) is 18.8. The molecule has 0 unspecified atom stereocenters. The van der Waals surface area contributed by atoms with Crippen LogP contribution in [0.1, 0.15) is 44.5 Å². The van der Waals surface area contributed by atoms with Crippen LogP contribution in [-0.4, -0.2) is 58.1 Å². The predicted molar refractivity (Wildman–Crippen MR) is 242 cm³/mol. The number of carboxylic acid groups (broad SMARTS) is 2. The first-order chi connectivity index (χ1) is 29.1. The van der Waals surface area contributed by atoms with Crippen molar-refractivity contribution in [2.45, 2.75) is 9.79 Å². The minimum Gasteiger partial charge on any atom is -0.508 e. The van der Waals surface area contributed by atoms with Gasteiger partial charge in [0.05, 0.1) is 14.2 Å². The Hall–Kier alpha value is -6.88. The molecule has 0 fully saturated rings. The third-order valence-electron chi connectivity index (χ3n) is 9.93. The summed E-state index contributed by atoms with van der Waals surface area (Å²) in [6.45, 7) is 0. The van der Waals surface area contributed by atoms with Gasteiger partial charge in [-0.3, -0.25) is 0 Å². The van der Waals surface area contributed by atoms with Crippen molar-refractivity contribution in [3.05, 3.63) is 190 Å². The number of thioether (sulfide) groups is 2. The Kier molecular flexibility index (Phi) is 12.9. The molecule has 0 aliphatic carbocycles. The quantitative estimate of drug-likeness (QED) is 0.0989. The van der Waals surface area contributed by atoms with Crippen LogP contribution in [0.15, 0.2) is 155 Å². The van der Waals surface area contributed by atoms with Gasteiger partial charge in [0, 0.05) is 33.4 Å². The van der Waals surface area contributed by atoms with Gasteiger partial charge in [0.2, 0.25) is 0 Å². The molecule has 10 heteroatoms. The third kappa shape index (κ3) is 9.69. The number of rotatable bonds is 10. The van der Waals surface area contributed by atoms with E-state index in [9.17, 15) is 19.8 Å².